The Hall–Kier alpha value is -1.55. The third-order valence-electron chi connectivity index (χ3n) is 3.58. The third-order valence-corrected chi connectivity index (χ3v) is 3.58. The van der Waals surface area contributed by atoms with E-state index in [0.29, 0.717) is 6.54 Å². The molecule has 0 aliphatic heterocycles. The first-order valence-corrected chi connectivity index (χ1v) is 8.21. The van der Waals surface area contributed by atoms with Crippen molar-refractivity contribution in [3.63, 3.8) is 0 Å². The van der Waals surface area contributed by atoms with Gasteiger partial charge in [0.2, 0.25) is 0 Å². The summed E-state index contributed by atoms with van der Waals surface area (Å²) >= 11 is 0. The Morgan fingerprint density at radius 1 is 1.17 bits per heavy atom. The molecule has 0 bridgehead atoms. The van der Waals surface area contributed by atoms with Gasteiger partial charge < -0.3 is 15.4 Å². The summed E-state index contributed by atoms with van der Waals surface area (Å²) in [6, 6.07) is 6.70. The van der Waals surface area contributed by atoms with Crippen LogP contribution in [0, 0.1) is 13.8 Å². The van der Waals surface area contributed by atoms with Crippen LogP contribution in [0.25, 0.3) is 0 Å². The summed E-state index contributed by atoms with van der Waals surface area (Å²) in [4.78, 5) is 11.9. The van der Waals surface area contributed by atoms with Crippen molar-refractivity contribution in [1.29, 1.82) is 0 Å². The van der Waals surface area contributed by atoms with Crippen LogP contribution in [0.1, 0.15) is 64.3 Å². The molecule has 23 heavy (non-hydrogen) atoms. The number of amides is 1. The zero-order valence-electron chi connectivity index (χ0n) is 15.8. The van der Waals surface area contributed by atoms with Crippen molar-refractivity contribution in [3.05, 3.63) is 34.9 Å². The number of alkyl carbamates (subject to hydrolysis) is 1. The van der Waals surface area contributed by atoms with Gasteiger partial charge in [-0.2, -0.15) is 0 Å². The second kappa shape index (κ2) is 7.35. The number of carbonyl (C=O) groups is 1. The summed E-state index contributed by atoms with van der Waals surface area (Å²) in [5.74, 6) is 0. The molecule has 0 fully saturated rings. The molecule has 1 aromatic rings. The minimum absolute atomic E-state index is 0.218. The molecule has 1 rings (SSSR count). The van der Waals surface area contributed by atoms with Crippen molar-refractivity contribution in [1.82, 2.24) is 10.6 Å². The SMILES string of the molecule is Cc1ccc(C(C)NCC(C)(C)NC(=O)OC(C)(C)C)c(C)c1. The van der Waals surface area contributed by atoms with Gasteiger partial charge in [-0.3, -0.25) is 0 Å². The van der Waals surface area contributed by atoms with Crippen LogP contribution in [0.4, 0.5) is 4.79 Å². The van der Waals surface area contributed by atoms with Crippen LogP contribution in [0.3, 0.4) is 0 Å². The van der Waals surface area contributed by atoms with E-state index in [9.17, 15) is 4.79 Å². The van der Waals surface area contributed by atoms with E-state index in [2.05, 4.69) is 49.6 Å². The van der Waals surface area contributed by atoms with Crippen molar-refractivity contribution in [3.8, 4) is 0 Å². The Labute approximate surface area is 141 Å². The fourth-order valence-electron chi connectivity index (χ4n) is 2.45. The van der Waals surface area contributed by atoms with Gasteiger partial charge in [-0.1, -0.05) is 23.8 Å². The molecule has 2 N–H and O–H groups in total. The van der Waals surface area contributed by atoms with Crippen molar-refractivity contribution >= 4 is 6.09 Å². The fourth-order valence-corrected chi connectivity index (χ4v) is 2.45. The second-order valence-corrected chi connectivity index (χ2v) is 7.97. The standard InChI is InChI=1S/C19H32N2O2/c1-13-9-10-16(14(2)11-13)15(3)20-12-19(7,8)21-17(22)23-18(4,5)6/h9-11,15,20H,12H2,1-8H3,(H,21,22). The molecule has 1 unspecified atom stereocenters. The van der Waals surface area contributed by atoms with Gasteiger partial charge in [-0.15, -0.1) is 0 Å². The van der Waals surface area contributed by atoms with Gasteiger partial charge in [0.25, 0.3) is 0 Å². The highest BCUT2D eigenvalue weighted by atomic mass is 16.6. The van der Waals surface area contributed by atoms with Gasteiger partial charge in [-0.25, -0.2) is 4.79 Å². The average Bonchev–Trinajstić information content (AvgIpc) is 2.32. The molecule has 0 heterocycles. The molecule has 0 aliphatic carbocycles. The van der Waals surface area contributed by atoms with Crippen molar-refractivity contribution in [2.24, 2.45) is 0 Å². The molecule has 130 valence electrons. The molecule has 1 atom stereocenters. The maximum atomic E-state index is 11.9. The summed E-state index contributed by atoms with van der Waals surface area (Å²) in [7, 11) is 0. The van der Waals surface area contributed by atoms with Gasteiger partial charge in [0.15, 0.2) is 0 Å². The molecule has 0 saturated carbocycles. The summed E-state index contributed by atoms with van der Waals surface area (Å²) in [5.41, 5.74) is 2.95. The summed E-state index contributed by atoms with van der Waals surface area (Å²) < 4.78 is 5.32. The molecule has 0 spiro atoms. The topological polar surface area (TPSA) is 50.4 Å². The Morgan fingerprint density at radius 3 is 2.30 bits per heavy atom. The average molecular weight is 320 g/mol. The number of carbonyl (C=O) groups excluding carboxylic acids is 1. The molecule has 0 radical (unpaired) electrons. The van der Waals surface area contributed by atoms with Crippen LogP contribution in [0.5, 0.6) is 0 Å². The van der Waals surface area contributed by atoms with E-state index in [4.69, 9.17) is 4.74 Å². The zero-order chi connectivity index (χ0) is 17.8. The largest absolute Gasteiger partial charge is 0.444 e. The number of benzene rings is 1. The number of hydrogen-bond acceptors (Lipinski definition) is 3. The Balaban J connectivity index is 2.59. The van der Waals surface area contributed by atoms with Crippen molar-refractivity contribution in [2.75, 3.05) is 6.54 Å². The maximum absolute atomic E-state index is 11.9. The number of nitrogens with one attached hydrogen (secondary N) is 2. The van der Waals surface area contributed by atoms with Crippen LogP contribution >= 0.6 is 0 Å². The lowest BCUT2D eigenvalue weighted by Crippen LogP contribution is -2.52. The van der Waals surface area contributed by atoms with Crippen molar-refractivity contribution in [2.45, 2.75) is 72.6 Å². The summed E-state index contributed by atoms with van der Waals surface area (Å²) in [5, 5.41) is 6.42. The third kappa shape index (κ3) is 7.04. The smallest absolute Gasteiger partial charge is 0.408 e. The van der Waals surface area contributed by atoms with Gasteiger partial charge >= 0.3 is 6.09 Å². The molecule has 1 aromatic carbocycles. The van der Waals surface area contributed by atoms with Crippen LogP contribution in [0.15, 0.2) is 18.2 Å². The molecular weight excluding hydrogens is 288 g/mol. The fraction of sp³-hybridized carbons (Fsp3) is 0.632. The van der Waals surface area contributed by atoms with E-state index in [1.807, 2.05) is 34.6 Å². The Kier molecular flexibility index (Phi) is 6.23. The van der Waals surface area contributed by atoms with Crippen molar-refractivity contribution < 1.29 is 9.53 Å². The van der Waals surface area contributed by atoms with E-state index in [-0.39, 0.29) is 12.1 Å². The summed E-state index contributed by atoms with van der Waals surface area (Å²) in [6.07, 6.45) is -0.386. The van der Waals surface area contributed by atoms with E-state index in [1.165, 1.54) is 16.7 Å². The van der Waals surface area contributed by atoms with Gasteiger partial charge in [0.05, 0.1) is 5.54 Å². The predicted octanol–water partition coefficient (Wildman–Crippen LogP) is 4.26. The van der Waals surface area contributed by atoms with Crippen LogP contribution in [0.2, 0.25) is 0 Å². The molecule has 4 heteroatoms. The van der Waals surface area contributed by atoms with Crippen LogP contribution in [-0.4, -0.2) is 23.8 Å². The highest BCUT2D eigenvalue weighted by molar-refractivity contribution is 5.68. The number of rotatable bonds is 5. The number of ether oxygens (including phenoxy) is 1. The lowest BCUT2D eigenvalue weighted by Gasteiger charge is -2.30. The quantitative estimate of drug-likeness (QED) is 0.852. The van der Waals surface area contributed by atoms with Gasteiger partial charge in [0, 0.05) is 12.6 Å². The monoisotopic (exact) mass is 320 g/mol. The molecule has 0 aromatic heterocycles. The van der Waals surface area contributed by atoms with E-state index in [0.717, 1.165) is 0 Å². The zero-order valence-corrected chi connectivity index (χ0v) is 15.8. The number of hydrogen-bond donors (Lipinski definition) is 2. The normalized spacial score (nSPS) is 13.6. The first-order valence-electron chi connectivity index (χ1n) is 8.21. The van der Waals surface area contributed by atoms with Gasteiger partial charge in [-0.05, 0) is 66.5 Å². The molecular formula is C19H32N2O2. The molecule has 4 nitrogen and oxygen atoms in total. The first-order chi connectivity index (χ1) is 10.4. The highest BCUT2D eigenvalue weighted by Gasteiger charge is 2.25. The van der Waals surface area contributed by atoms with Crippen LogP contribution in [-0.2, 0) is 4.74 Å². The summed E-state index contributed by atoms with van der Waals surface area (Å²) in [6.45, 7) is 16.6. The van der Waals surface area contributed by atoms with E-state index in [1.54, 1.807) is 0 Å². The molecule has 0 saturated heterocycles. The Bertz CT molecular complexity index is 545. The van der Waals surface area contributed by atoms with E-state index < -0.39 is 11.1 Å². The minimum atomic E-state index is -0.486. The lowest BCUT2D eigenvalue weighted by molar-refractivity contribution is 0.0471. The highest BCUT2D eigenvalue weighted by Crippen LogP contribution is 2.19. The van der Waals surface area contributed by atoms with E-state index >= 15 is 0 Å². The Morgan fingerprint density at radius 2 is 1.78 bits per heavy atom. The minimum Gasteiger partial charge on any atom is -0.444 e. The van der Waals surface area contributed by atoms with Gasteiger partial charge in [0.1, 0.15) is 5.60 Å². The molecule has 1 amide bonds. The maximum Gasteiger partial charge on any atom is 0.408 e. The van der Waals surface area contributed by atoms with Crippen LogP contribution < -0.4 is 10.6 Å². The predicted molar refractivity (Wildman–Crippen MR) is 95.8 cm³/mol. The first kappa shape index (κ1) is 19.5. The second-order valence-electron chi connectivity index (χ2n) is 7.97. The molecule has 0 aliphatic rings. The lowest BCUT2D eigenvalue weighted by atomic mass is 9.99. The number of aryl methyl sites for hydroxylation is 2.